The molecule has 0 unspecified atom stereocenters. The van der Waals surface area contributed by atoms with Gasteiger partial charge in [-0.25, -0.2) is 4.79 Å². The second-order valence-corrected chi connectivity index (χ2v) is 6.94. The lowest BCUT2D eigenvalue weighted by molar-refractivity contribution is -0.116. The predicted octanol–water partition coefficient (Wildman–Crippen LogP) is 2.43. The average Bonchev–Trinajstić information content (AvgIpc) is 2.90. The van der Waals surface area contributed by atoms with Crippen molar-refractivity contribution in [2.75, 3.05) is 5.32 Å². The molecule has 27 heavy (non-hydrogen) atoms. The van der Waals surface area contributed by atoms with Gasteiger partial charge in [-0.3, -0.25) is 18.7 Å². The van der Waals surface area contributed by atoms with E-state index in [2.05, 4.69) is 5.32 Å². The molecule has 0 saturated heterocycles. The van der Waals surface area contributed by atoms with Gasteiger partial charge in [-0.05, 0) is 44.5 Å². The van der Waals surface area contributed by atoms with Crippen molar-refractivity contribution in [1.29, 1.82) is 0 Å². The second-order valence-electron chi connectivity index (χ2n) is 6.53. The van der Waals surface area contributed by atoms with Crippen molar-refractivity contribution >= 4 is 34.2 Å². The summed E-state index contributed by atoms with van der Waals surface area (Å²) in [5, 5.41) is 3.15. The summed E-state index contributed by atoms with van der Waals surface area (Å²) in [7, 11) is 1.76. The highest BCUT2D eigenvalue weighted by molar-refractivity contribution is 6.33. The Hall–Kier alpha value is -2.80. The Kier molecular flexibility index (Phi) is 4.97. The first-order valence-corrected chi connectivity index (χ1v) is 8.98. The summed E-state index contributed by atoms with van der Waals surface area (Å²) in [6.45, 7) is 5.48. The van der Waals surface area contributed by atoms with Crippen LogP contribution in [0.4, 0.5) is 5.69 Å². The Morgan fingerprint density at radius 1 is 1.15 bits per heavy atom. The number of aryl methyl sites for hydroxylation is 3. The summed E-state index contributed by atoms with van der Waals surface area (Å²) in [6, 6.07) is 7.04. The quantitative estimate of drug-likeness (QED) is 0.745. The number of benzene rings is 1. The molecule has 0 aliphatic rings. The average molecular weight is 389 g/mol. The Balaban J connectivity index is 2.06. The second kappa shape index (κ2) is 7.08. The van der Waals surface area contributed by atoms with Crippen LogP contribution in [0.3, 0.4) is 0 Å². The number of aromatic nitrogens is 3. The van der Waals surface area contributed by atoms with E-state index in [1.54, 1.807) is 36.7 Å². The van der Waals surface area contributed by atoms with Gasteiger partial charge in [-0.1, -0.05) is 17.7 Å². The fourth-order valence-electron chi connectivity index (χ4n) is 3.12. The van der Waals surface area contributed by atoms with Crippen LogP contribution in [0.15, 0.2) is 33.9 Å². The molecule has 0 bridgehead atoms. The number of nitrogens with zero attached hydrogens (tertiary/aromatic N) is 3. The molecule has 0 spiro atoms. The Bertz CT molecular complexity index is 1170. The number of halogens is 1. The van der Waals surface area contributed by atoms with E-state index in [1.807, 2.05) is 19.9 Å². The molecule has 2 aromatic heterocycles. The maximum atomic E-state index is 12.8. The van der Waals surface area contributed by atoms with Gasteiger partial charge in [0, 0.05) is 19.3 Å². The number of rotatable bonds is 4. The first-order valence-electron chi connectivity index (χ1n) is 8.60. The molecule has 1 aromatic carbocycles. The van der Waals surface area contributed by atoms with Crippen LogP contribution in [-0.2, 0) is 24.9 Å². The van der Waals surface area contributed by atoms with Gasteiger partial charge in [0.15, 0.2) is 0 Å². The Labute approximate surface area is 160 Å². The van der Waals surface area contributed by atoms with E-state index in [4.69, 9.17) is 11.6 Å². The number of nitrogens with one attached hydrogen (secondary N) is 1. The molecule has 0 aliphatic carbocycles. The van der Waals surface area contributed by atoms with Gasteiger partial charge in [0.05, 0.1) is 16.2 Å². The predicted molar refractivity (Wildman–Crippen MR) is 107 cm³/mol. The third-order valence-electron chi connectivity index (χ3n) is 4.67. The van der Waals surface area contributed by atoms with Crippen LogP contribution in [0.5, 0.6) is 0 Å². The van der Waals surface area contributed by atoms with Crippen molar-refractivity contribution in [1.82, 2.24) is 13.7 Å². The molecule has 2 heterocycles. The van der Waals surface area contributed by atoms with Crippen molar-refractivity contribution in [2.45, 2.75) is 33.9 Å². The van der Waals surface area contributed by atoms with Crippen molar-refractivity contribution in [3.05, 3.63) is 61.4 Å². The normalized spacial score (nSPS) is 11.1. The molecule has 8 heteroatoms. The van der Waals surface area contributed by atoms with Gasteiger partial charge in [-0.2, -0.15) is 0 Å². The van der Waals surface area contributed by atoms with E-state index in [1.165, 1.54) is 4.57 Å². The summed E-state index contributed by atoms with van der Waals surface area (Å²) in [5.41, 5.74) is 2.26. The molecule has 1 N–H and O–H groups in total. The van der Waals surface area contributed by atoms with E-state index < -0.39 is 11.6 Å². The van der Waals surface area contributed by atoms with E-state index >= 15 is 0 Å². The highest BCUT2D eigenvalue weighted by Gasteiger charge is 2.18. The third kappa shape index (κ3) is 3.30. The number of hydrogen-bond donors (Lipinski definition) is 1. The highest BCUT2D eigenvalue weighted by atomic mass is 35.5. The Morgan fingerprint density at radius 3 is 2.48 bits per heavy atom. The minimum atomic E-state index is -0.509. The monoisotopic (exact) mass is 388 g/mol. The fraction of sp³-hybridized carbons (Fsp3) is 0.316. The summed E-state index contributed by atoms with van der Waals surface area (Å²) in [5.74, 6) is -0.396. The van der Waals surface area contributed by atoms with E-state index in [0.29, 0.717) is 21.7 Å². The van der Waals surface area contributed by atoms with Crippen molar-refractivity contribution in [3.8, 4) is 0 Å². The number of fused-ring (bicyclic) bond motifs is 1. The SMILES string of the molecule is CCn1c(=O)c2c(cc(C)n2C)n(CC(=O)Nc2ccc(C)cc2Cl)c1=O. The molecule has 0 aliphatic heterocycles. The van der Waals surface area contributed by atoms with E-state index in [9.17, 15) is 14.4 Å². The van der Waals surface area contributed by atoms with Gasteiger partial charge < -0.3 is 9.88 Å². The van der Waals surface area contributed by atoms with Crippen LogP contribution in [0.2, 0.25) is 5.02 Å². The number of amides is 1. The van der Waals surface area contributed by atoms with Crippen LogP contribution in [0.25, 0.3) is 11.0 Å². The maximum absolute atomic E-state index is 12.8. The lowest BCUT2D eigenvalue weighted by atomic mass is 10.2. The molecule has 0 fully saturated rings. The molecule has 1 amide bonds. The van der Waals surface area contributed by atoms with Crippen LogP contribution in [0.1, 0.15) is 18.2 Å². The summed E-state index contributed by atoms with van der Waals surface area (Å²) < 4.78 is 4.19. The standard InChI is InChI=1S/C19H21ClN4O3/c1-5-23-18(26)17-15(9-12(3)22(17)4)24(19(23)27)10-16(25)21-14-7-6-11(2)8-13(14)20/h6-9H,5,10H2,1-4H3,(H,21,25). The molecule has 0 saturated carbocycles. The van der Waals surface area contributed by atoms with Crippen molar-refractivity contribution in [3.63, 3.8) is 0 Å². The molecule has 142 valence electrons. The summed E-state index contributed by atoms with van der Waals surface area (Å²) >= 11 is 6.16. The maximum Gasteiger partial charge on any atom is 0.332 e. The number of carbonyl (C=O) groups excluding carboxylic acids is 1. The first kappa shape index (κ1) is 19.0. The number of anilines is 1. The lowest BCUT2D eigenvalue weighted by Crippen LogP contribution is -2.41. The first-order chi connectivity index (χ1) is 12.7. The molecule has 7 nitrogen and oxygen atoms in total. The summed E-state index contributed by atoms with van der Waals surface area (Å²) in [6.07, 6.45) is 0. The van der Waals surface area contributed by atoms with Crippen LogP contribution >= 0.6 is 11.6 Å². The number of carbonyl (C=O) groups is 1. The largest absolute Gasteiger partial charge is 0.342 e. The number of hydrogen-bond acceptors (Lipinski definition) is 3. The van der Waals surface area contributed by atoms with E-state index in [0.717, 1.165) is 15.8 Å². The minimum absolute atomic E-state index is 0.219. The Morgan fingerprint density at radius 2 is 1.85 bits per heavy atom. The molecule has 3 rings (SSSR count). The molecule has 0 radical (unpaired) electrons. The van der Waals surface area contributed by atoms with Gasteiger partial charge >= 0.3 is 5.69 Å². The van der Waals surface area contributed by atoms with Crippen LogP contribution in [-0.4, -0.2) is 19.6 Å². The molecule has 3 aromatic rings. The van der Waals surface area contributed by atoms with Crippen molar-refractivity contribution < 1.29 is 4.79 Å². The zero-order valence-electron chi connectivity index (χ0n) is 15.7. The molecular formula is C19H21ClN4O3. The van der Waals surface area contributed by atoms with Gasteiger partial charge in [0.1, 0.15) is 12.1 Å². The van der Waals surface area contributed by atoms with Crippen molar-refractivity contribution in [2.24, 2.45) is 7.05 Å². The molecule has 0 atom stereocenters. The fourth-order valence-corrected chi connectivity index (χ4v) is 3.40. The third-order valence-corrected chi connectivity index (χ3v) is 4.98. The lowest BCUT2D eigenvalue weighted by Gasteiger charge is -2.12. The molecular weight excluding hydrogens is 368 g/mol. The van der Waals surface area contributed by atoms with Gasteiger partial charge in [0.2, 0.25) is 5.91 Å². The zero-order valence-corrected chi connectivity index (χ0v) is 16.4. The summed E-state index contributed by atoms with van der Waals surface area (Å²) in [4.78, 5) is 38.0. The minimum Gasteiger partial charge on any atom is -0.342 e. The van der Waals surface area contributed by atoms with Crippen LogP contribution in [0, 0.1) is 13.8 Å². The zero-order chi connectivity index (χ0) is 19.9. The van der Waals surface area contributed by atoms with Gasteiger partial charge in [0.25, 0.3) is 5.56 Å². The topological polar surface area (TPSA) is 78.0 Å². The van der Waals surface area contributed by atoms with Crippen LogP contribution < -0.4 is 16.6 Å². The van der Waals surface area contributed by atoms with E-state index in [-0.39, 0.29) is 18.6 Å². The smallest absolute Gasteiger partial charge is 0.332 e. The van der Waals surface area contributed by atoms with Gasteiger partial charge in [-0.15, -0.1) is 0 Å². The highest BCUT2D eigenvalue weighted by Crippen LogP contribution is 2.22.